The topological polar surface area (TPSA) is 29.5 Å². The van der Waals surface area contributed by atoms with Crippen LogP contribution in [0.3, 0.4) is 0 Å². The standard InChI is InChI=1S/C10H18O2/c1-3-4-8-5-6-9(11)10(7-8)12-2/h3-4,8-11H,5-7H2,1-2H3/b4-3+/t8-,9-,10-/m1/s1. The molecular weight excluding hydrogens is 152 g/mol. The van der Waals surface area contributed by atoms with E-state index in [4.69, 9.17) is 4.74 Å². The van der Waals surface area contributed by atoms with E-state index in [1.807, 2.05) is 6.92 Å². The van der Waals surface area contributed by atoms with Crippen molar-refractivity contribution in [1.82, 2.24) is 0 Å². The largest absolute Gasteiger partial charge is 0.390 e. The van der Waals surface area contributed by atoms with E-state index >= 15 is 0 Å². The average Bonchev–Trinajstić information content (AvgIpc) is 2.09. The Morgan fingerprint density at radius 2 is 2.17 bits per heavy atom. The van der Waals surface area contributed by atoms with Gasteiger partial charge in [-0.1, -0.05) is 12.2 Å². The highest BCUT2D eigenvalue weighted by Gasteiger charge is 2.27. The van der Waals surface area contributed by atoms with Crippen molar-refractivity contribution in [3.8, 4) is 0 Å². The highest BCUT2D eigenvalue weighted by atomic mass is 16.5. The van der Waals surface area contributed by atoms with Crippen LogP contribution in [0.15, 0.2) is 12.2 Å². The number of aliphatic hydroxyl groups excluding tert-OH is 1. The number of rotatable bonds is 2. The SMILES string of the molecule is C/C=C/[C@@H]1CC[C@@H](O)[C@H](OC)C1. The minimum atomic E-state index is -0.253. The van der Waals surface area contributed by atoms with Gasteiger partial charge in [0.1, 0.15) is 0 Å². The second kappa shape index (κ2) is 4.63. The Morgan fingerprint density at radius 1 is 1.42 bits per heavy atom. The maximum atomic E-state index is 9.51. The molecule has 3 atom stereocenters. The molecule has 0 aliphatic heterocycles. The summed E-state index contributed by atoms with van der Waals surface area (Å²) in [6.45, 7) is 2.03. The normalized spacial score (nSPS) is 37.4. The van der Waals surface area contributed by atoms with Gasteiger partial charge < -0.3 is 9.84 Å². The van der Waals surface area contributed by atoms with Crippen molar-refractivity contribution >= 4 is 0 Å². The van der Waals surface area contributed by atoms with Gasteiger partial charge in [-0.2, -0.15) is 0 Å². The molecule has 0 radical (unpaired) electrons. The number of ether oxygens (including phenoxy) is 1. The zero-order chi connectivity index (χ0) is 8.97. The molecule has 1 aliphatic rings. The monoisotopic (exact) mass is 170 g/mol. The van der Waals surface area contributed by atoms with Gasteiger partial charge in [0.2, 0.25) is 0 Å². The smallest absolute Gasteiger partial charge is 0.0835 e. The van der Waals surface area contributed by atoms with Crippen LogP contribution in [0.4, 0.5) is 0 Å². The quantitative estimate of drug-likeness (QED) is 0.640. The van der Waals surface area contributed by atoms with Crippen molar-refractivity contribution < 1.29 is 9.84 Å². The number of allylic oxidation sites excluding steroid dienone is 2. The molecule has 1 fully saturated rings. The molecule has 0 saturated heterocycles. The third-order valence-electron chi connectivity index (χ3n) is 2.56. The predicted molar refractivity (Wildman–Crippen MR) is 49.0 cm³/mol. The van der Waals surface area contributed by atoms with Crippen molar-refractivity contribution in [3.63, 3.8) is 0 Å². The minimum absolute atomic E-state index is 0.0416. The summed E-state index contributed by atoms with van der Waals surface area (Å²) in [5.41, 5.74) is 0. The van der Waals surface area contributed by atoms with E-state index in [0.717, 1.165) is 19.3 Å². The van der Waals surface area contributed by atoms with E-state index in [1.54, 1.807) is 7.11 Å². The Morgan fingerprint density at radius 3 is 2.75 bits per heavy atom. The van der Waals surface area contributed by atoms with Crippen LogP contribution in [0.1, 0.15) is 26.2 Å². The lowest BCUT2D eigenvalue weighted by molar-refractivity contribution is -0.0449. The lowest BCUT2D eigenvalue weighted by Crippen LogP contribution is -2.34. The van der Waals surface area contributed by atoms with E-state index in [1.165, 1.54) is 0 Å². The average molecular weight is 170 g/mol. The van der Waals surface area contributed by atoms with Crippen LogP contribution in [0.2, 0.25) is 0 Å². The van der Waals surface area contributed by atoms with E-state index in [2.05, 4.69) is 12.2 Å². The first-order chi connectivity index (χ1) is 5.77. The van der Waals surface area contributed by atoms with Crippen LogP contribution in [-0.4, -0.2) is 24.4 Å². The molecule has 70 valence electrons. The number of hydrogen-bond acceptors (Lipinski definition) is 2. The molecule has 12 heavy (non-hydrogen) atoms. The molecule has 0 amide bonds. The third-order valence-corrected chi connectivity index (χ3v) is 2.56. The van der Waals surface area contributed by atoms with Crippen molar-refractivity contribution in [2.24, 2.45) is 5.92 Å². The minimum Gasteiger partial charge on any atom is -0.390 e. The summed E-state index contributed by atoms with van der Waals surface area (Å²) < 4.78 is 5.20. The van der Waals surface area contributed by atoms with Gasteiger partial charge in [-0.15, -0.1) is 0 Å². The van der Waals surface area contributed by atoms with Gasteiger partial charge >= 0.3 is 0 Å². The van der Waals surface area contributed by atoms with Crippen LogP contribution in [-0.2, 0) is 4.74 Å². The number of hydrogen-bond donors (Lipinski definition) is 1. The van der Waals surface area contributed by atoms with Crippen LogP contribution in [0.5, 0.6) is 0 Å². The summed E-state index contributed by atoms with van der Waals surface area (Å²) in [7, 11) is 1.67. The van der Waals surface area contributed by atoms with E-state index < -0.39 is 0 Å². The summed E-state index contributed by atoms with van der Waals surface area (Å²) in [5.74, 6) is 0.600. The van der Waals surface area contributed by atoms with Crippen LogP contribution in [0, 0.1) is 5.92 Å². The van der Waals surface area contributed by atoms with Gasteiger partial charge in [-0.25, -0.2) is 0 Å². The van der Waals surface area contributed by atoms with Gasteiger partial charge in [0.25, 0.3) is 0 Å². The molecule has 0 unspecified atom stereocenters. The molecule has 0 aromatic carbocycles. The molecule has 1 rings (SSSR count). The van der Waals surface area contributed by atoms with Gasteiger partial charge in [0.15, 0.2) is 0 Å². The molecule has 1 aliphatic carbocycles. The highest BCUT2D eigenvalue weighted by Crippen LogP contribution is 2.27. The number of aliphatic hydroxyl groups is 1. The van der Waals surface area contributed by atoms with Gasteiger partial charge in [0, 0.05) is 7.11 Å². The second-order valence-electron chi connectivity index (χ2n) is 3.44. The predicted octanol–water partition coefficient (Wildman–Crippen LogP) is 1.74. The van der Waals surface area contributed by atoms with Gasteiger partial charge in [-0.05, 0) is 32.1 Å². The van der Waals surface area contributed by atoms with E-state index in [-0.39, 0.29) is 12.2 Å². The van der Waals surface area contributed by atoms with Crippen molar-refractivity contribution in [2.45, 2.75) is 38.4 Å². The third kappa shape index (κ3) is 2.32. The zero-order valence-corrected chi connectivity index (χ0v) is 7.86. The van der Waals surface area contributed by atoms with Crippen molar-refractivity contribution in [3.05, 3.63) is 12.2 Å². The van der Waals surface area contributed by atoms with E-state index in [9.17, 15) is 5.11 Å². The summed E-state index contributed by atoms with van der Waals surface area (Å²) in [6.07, 6.45) is 6.99. The first kappa shape index (κ1) is 9.75. The Hall–Kier alpha value is -0.340. The lowest BCUT2D eigenvalue weighted by Gasteiger charge is -2.30. The fourth-order valence-corrected chi connectivity index (χ4v) is 1.84. The molecule has 1 N–H and O–H groups in total. The summed E-state index contributed by atoms with van der Waals surface area (Å²) in [6, 6.07) is 0. The maximum Gasteiger partial charge on any atom is 0.0835 e. The Labute approximate surface area is 74.2 Å². The van der Waals surface area contributed by atoms with Crippen LogP contribution < -0.4 is 0 Å². The first-order valence-corrected chi connectivity index (χ1v) is 4.61. The van der Waals surface area contributed by atoms with Crippen LogP contribution >= 0.6 is 0 Å². The number of methoxy groups -OCH3 is 1. The van der Waals surface area contributed by atoms with Crippen LogP contribution in [0.25, 0.3) is 0 Å². The summed E-state index contributed by atoms with van der Waals surface area (Å²) in [4.78, 5) is 0. The highest BCUT2D eigenvalue weighted by molar-refractivity contribution is 4.92. The molecule has 1 saturated carbocycles. The van der Waals surface area contributed by atoms with Crippen molar-refractivity contribution in [1.29, 1.82) is 0 Å². The molecular formula is C10H18O2. The molecule has 0 bridgehead atoms. The van der Waals surface area contributed by atoms with Gasteiger partial charge in [-0.3, -0.25) is 0 Å². The molecule has 0 aromatic heterocycles. The Kier molecular flexibility index (Phi) is 3.76. The molecule has 0 aromatic rings. The fourth-order valence-electron chi connectivity index (χ4n) is 1.84. The summed E-state index contributed by atoms with van der Waals surface area (Å²) >= 11 is 0. The van der Waals surface area contributed by atoms with E-state index in [0.29, 0.717) is 5.92 Å². The molecule has 2 heteroatoms. The summed E-state index contributed by atoms with van der Waals surface area (Å²) in [5, 5.41) is 9.51. The Balaban J connectivity index is 2.43. The first-order valence-electron chi connectivity index (χ1n) is 4.61. The molecule has 0 spiro atoms. The lowest BCUT2D eigenvalue weighted by atomic mass is 9.85. The zero-order valence-electron chi connectivity index (χ0n) is 7.86. The maximum absolute atomic E-state index is 9.51. The Bertz CT molecular complexity index is 154. The molecule has 2 nitrogen and oxygen atoms in total. The van der Waals surface area contributed by atoms with Crippen molar-refractivity contribution in [2.75, 3.05) is 7.11 Å². The second-order valence-corrected chi connectivity index (χ2v) is 3.44. The fraction of sp³-hybridized carbons (Fsp3) is 0.800. The molecule has 0 heterocycles. The van der Waals surface area contributed by atoms with Gasteiger partial charge in [0.05, 0.1) is 12.2 Å².